The lowest BCUT2D eigenvalue weighted by Crippen LogP contribution is -2.39. The molecule has 0 radical (unpaired) electrons. The summed E-state index contributed by atoms with van der Waals surface area (Å²) in [5.41, 5.74) is 1.24. The molecular formula is C25H28F3N3O4. The highest BCUT2D eigenvalue weighted by molar-refractivity contribution is 5.98. The number of pyridine rings is 1. The number of H-pyrrole nitrogens is 1. The summed E-state index contributed by atoms with van der Waals surface area (Å²) in [6, 6.07) is 9.42. The van der Waals surface area contributed by atoms with Gasteiger partial charge in [0.1, 0.15) is 5.56 Å². The third kappa shape index (κ3) is 5.58. The molecule has 1 atom stereocenters. The van der Waals surface area contributed by atoms with Crippen LogP contribution < -0.4 is 10.5 Å². The minimum atomic E-state index is -5.33. The van der Waals surface area contributed by atoms with Gasteiger partial charge < -0.3 is 19.5 Å². The predicted molar refractivity (Wildman–Crippen MR) is 124 cm³/mol. The van der Waals surface area contributed by atoms with Gasteiger partial charge in [-0.1, -0.05) is 19.1 Å². The first-order valence-corrected chi connectivity index (χ1v) is 11.9. The fourth-order valence-electron chi connectivity index (χ4n) is 4.91. The maximum atomic E-state index is 12.5. The van der Waals surface area contributed by atoms with Crippen molar-refractivity contribution in [2.24, 2.45) is 0 Å². The van der Waals surface area contributed by atoms with Crippen LogP contribution in [0.25, 0.3) is 11.3 Å². The number of benzene rings is 1. The average Bonchev–Trinajstić information content (AvgIpc) is 3.51. The summed E-state index contributed by atoms with van der Waals surface area (Å²) in [5, 5.41) is 0. The van der Waals surface area contributed by atoms with Gasteiger partial charge in [-0.15, -0.1) is 0 Å². The zero-order valence-corrected chi connectivity index (χ0v) is 19.5. The molecule has 2 fully saturated rings. The number of likely N-dealkylation sites (tertiary alicyclic amines) is 1. The fourth-order valence-corrected chi connectivity index (χ4v) is 4.91. The summed E-state index contributed by atoms with van der Waals surface area (Å²) in [6.45, 7) is 6.15. The number of esters is 2. The van der Waals surface area contributed by atoms with E-state index < -0.39 is 29.2 Å². The molecule has 0 unspecified atom stereocenters. The molecule has 2 aromatic rings. The van der Waals surface area contributed by atoms with E-state index in [0.717, 1.165) is 44.7 Å². The molecular weight excluding hydrogens is 463 g/mol. The van der Waals surface area contributed by atoms with E-state index in [0.29, 0.717) is 29.3 Å². The Labute approximate surface area is 200 Å². The number of ether oxygens (including phenoxy) is 1. The molecule has 0 spiro atoms. The molecule has 35 heavy (non-hydrogen) atoms. The smallest absolute Gasteiger partial charge is 0.382 e. The number of alkyl halides is 3. The molecule has 2 aliphatic rings. The average molecular weight is 492 g/mol. The number of nitrogens with zero attached hydrogens (tertiary/aromatic N) is 2. The summed E-state index contributed by atoms with van der Waals surface area (Å²) in [7, 11) is 0. The lowest BCUT2D eigenvalue weighted by atomic mass is 10.0. The largest absolute Gasteiger partial charge is 0.491 e. The third-order valence-electron chi connectivity index (χ3n) is 6.67. The molecule has 0 saturated carbocycles. The monoisotopic (exact) mass is 491 g/mol. The quantitative estimate of drug-likeness (QED) is 0.487. The Morgan fingerprint density at radius 2 is 1.77 bits per heavy atom. The Morgan fingerprint density at radius 1 is 1.09 bits per heavy atom. The number of hydrogen-bond donors (Lipinski definition) is 1. The molecule has 10 heteroatoms. The van der Waals surface area contributed by atoms with Crippen molar-refractivity contribution in [2.75, 3.05) is 31.1 Å². The highest BCUT2D eigenvalue weighted by atomic mass is 19.4. The van der Waals surface area contributed by atoms with Crippen LogP contribution in [0.4, 0.5) is 18.9 Å². The second kappa shape index (κ2) is 10.2. The number of rotatable bonds is 6. The predicted octanol–water partition coefficient (Wildman–Crippen LogP) is 3.91. The van der Waals surface area contributed by atoms with Crippen molar-refractivity contribution >= 4 is 17.6 Å². The van der Waals surface area contributed by atoms with Crippen LogP contribution in [0.15, 0.2) is 35.1 Å². The Bertz CT molecular complexity index is 1140. The molecule has 1 aromatic heterocycles. The highest BCUT2D eigenvalue weighted by Crippen LogP contribution is 2.30. The zero-order chi connectivity index (χ0) is 25.2. The van der Waals surface area contributed by atoms with Crippen LogP contribution in [-0.4, -0.2) is 60.2 Å². The number of nitrogens with one attached hydrogen (secondary N) is 1. The van der Waals surface area contributed by atoms with Crippen molar-refractivity contribution in [2.45, 2.75) is 51.2 Å². The maximum Gasteiger partial charge on any atom is 0.491 e. The molecule has 1 aromatic carbocycles. The first kappa shape index (κ1) is 25.0. The first-order valence-electron chi connectivity index (χ1n) is 11.9. The Kier molecular flexibility index (Phi) is 7.30. The molecule has 0 aliphatic carbocycles. The number of aryl methyl sites for hydroxylation is 1. The number of halogens is 3. The van der Waals surface area contributed by atoms with Gasteiger partial charge in [-0.25, -0.2) is 9.59 Å². The van der Waals surface area contributed by atoms with E-state index in [2.05, 4.69) is 19.5 Å². The Morgan fingerprint density at radius 3 is 2.40 bits per heavy atom. The van der Waals surface area contributed by atoms with Crippen molar-refractivity contribution in [3.8, 4) is 11.3 Å². The number of aromatic amines is 1. The lowest BCUT2D eigenvalue weighted by Gasteiger charge is -2.30. The molecule has 1 N–H and O–H groups in total. The number of hydrogen-bond acceptors (Lipinski definition) is 6. The second-order valence-electron chi connectivity index (χ2n) is 8.98. The molecule has 2 saturated heterocycles. The van der Waals surface area contributed by atoms with Gasteiger partial charge in [-0.05, 0) is 74.5 Å². The Balaban J connectivity index is 1.53. The summed E-state index contributed by atoms with van der Waals surface area (Å²) in [5.74, 6) is -4.30. The summed E-state index contributed by atoms with van der Waals surface area (Å²) >= 11 is 0. The van der Waals surface area contributed by atoms with Crippen molar-refractivity contribution in [3.63, 3.8) is 0 Å². The van der Waals surface area contributed by atoms with Crippen LogP contribution in [0.1, 0.15) is 48.5 Å². The Hall–Kier alpha value is -3.14. The van der Waals surface area contributed by atoms with Gasteiger partial charge in [-0.3, -0.25) is 4.79 Å². The molecule has 0 bridgehead atoms. The fraction of sp³-hybridized carbons (Fsp3) is 0.480. The van der Waals surface area contributed by atoms with Crippen LogP contribution in [-0.2, 0) is 16.0 Å². The van der Waals surface area contributed by atoms with E-state index in [-0.39, 0.29) is 0 Å². The molecule has 7 nitrogen and oxygen atoms in total. The zero-order valence-electron chi connectivity index (χ0n) is 19.5. The number of carbonyl (C=O) groups excluding carboxylic acids is 2. The standard InChI is InChI=1S/C25H28F3N3O4/c1-2-16-14-20(23(33)35-24(34)25(26,27)28)22(32)29-21(16)17-7-9-18(10-8-17)31-13-5-6-19(31)15-30-11-3-4-12-30/h7-10,14,19H,2-6,11-13,15H2,1H3,(H,29,32)/t19-/m0/s1. The van der Waals surface area contributed by atoms with Crippen molar-refractivity contribution in [1.29, 1.82) is 0 Å². The van der Waals surface area contributed by atoms with E-state index in [1.54, 1.807) is 6.92 Å². The maximum absolute atomic E-state index is 12.5. The highest BCUT2D eigenvalue weighted by Gasteiger charge is 2.43. The van der Waals surface area contributed by atoms with E-state index >= 15 is 0 Å². The van der Waals surface area contributed by atoms with Gasteiger partial charge in [0.15, 0.2) is 0 Å². The van der Waals surface area contributed by atoms with Gasteiger partial charge in [0.2, 0.25) is 0 Å². The molecule has 4 rings (SSSR count). The summed E-state index contributed by atoms with van der Waals surface area (Å²) in [4.78, 5) is 43.0. The van der Waals surface area contributed by atoms with Gasteiger partial charge >= 0.3 is 18.1 Å². The van der Waals surface area contributed by atoms with E-state index in [4.69, 9.17) is 0 Å². The minimum absolute atomic E-state index is 0.394. The van der Waals surface area contributed by atoms with Gasteiger partial charge in [-0.2, -0.15) is 13.2 Å². The molecule has 188 valence electrons. The van der Waals surface area contributed by atoms with Crippen molar-refractivity contribution < 1.29 is 27.5 Å². The lowest BCUT2D eigenvalue weighted by molar-refractivity contribution is -0.193. The van der Waals surface area contributed by atoms with Crippen LogP contribution in [0.5, 0.6) is 0 Å². The first-order chi connectivity index (χ1) is 16.7. The molecule has 0 amide bonds. The molecule has 3 heterocycles. The van der Waals surface area contributed by atoms with Crippen LogP contribution in [0.3, 0.4) is 0 Å². The van der Waals surface area contributed by atoms with E-state index in [1.165, 1.54) is 18.9 Å². The minimum Gasteiger partial charge on any atom is -0.382 e. The van der Waals surface area contributed by atoms with Crippen LogP contribution >= 0.6 is 0 Å². The van der Waals surface area contributed by atoms with Gasteiger partial charge in [0.05, 0.1) is 5.69 Å². The van der Waals surface area contributed by atoms with Crippen molar-refractivity contribution in [3.05, 3.63) is 51.8 Å². The van der Waals surface area contributed by atoms with E-state index in [9.17, 15) is 27.6 Å². The summed E-state index contributed by atoms with van der Waals surface area (Å²) < 4.78 is 41.0. The van der Waals surface area contributed by atoms with Crippen LogP contribution in [0, 0.1) is 0 Å². The number of carbonyl (C=O) groups is 2. The third-order valence-corrected chi connectivity index (χ3v) is 6.67. The van der Waals surface area contributed by atoms with Gasteiger partial charge in [0, 0.05) is 24.8 Å². The van der Waals surface area contributed by atoms with Crippen molar-refractivity contribution in [1.82, 2.24) is 9.88 Å². The number of aromatic nitrogens is 1. The molecule has 2 aliphatic heterocycles. The normalized spacial score (nSPS) is 18.7. The summed E-state index contributed by atoms with van der Waals surface area (Å²) in [6.07, 6.45) is -0.128. The van der Waals surface area contributed by atoms with E-state index in [1.807, 2.05) is 24.3 Å². The SMILES string of the molecule is CCc1cc(C(=O)OC(=O)C(F)(F)F)c(=O)[nH]c1-c1ccc(N2CCC[C@H]2CN2CCCC2)cc1. The topological polar surface area (TPSA) is 82.7 Å². The van der Waals surface area contributed by atoms with Crippen LogP contribution in [0.2, 0.25) is 0 Å². The van der Waals surface area contributed by atoms with Gasteiger partial charge in [0.25, 0.3) is 5.56 Å². The second-order valence-corrected chi connectivity index (χ2v) is 8.98. The number of anilines is 1.